The summed E-state index contributed by atoms with van der Waals surface area (Å²) >= 11 is 0. The van der Waals surface area contributed by atoms with Crippen molar-refractivity contribution in [2.75, 3.05) is 33.2 Å². The quantitative estimate of drug-likeness (QED) is 0.284. The number of oxazole rings is 1. The third-order valence-corrected chi connectivity index (χ3v) is 5.17. The van der Waals surface area contributed by atoms with Crippen LogP contribution >= 0.6 is 24.0 Å². The molecule has 170 valence electrons. The number of hydrogen-bond acceptors (Lipinski definition) is 5. The molecule has 31 heavy (non-hydrogen) atoms. The zero-order valence-electron chi connectivity index (χ0n) is 18.5. The third-order valence-electron chi connectivity index (χ3n) is 5.17. The molecule has 1 aliphatic heterocycles. The van der Waals surface area contributed by atoms with Crippen LogP contribution in [0.3, 0.4) is 0 Å². The number of hydrogen-bond donors (Lipinski definition) is 3. The highest BCUT2D eigenvalue weighted by Gasteiger charge is 2.21. The van der Waals surface area contributed by atoms with Gasteiger partial charge in [-0.15, -0.1) is 24.0 Å². The standard InChI is InChI=1S/C22H32N6O2.HI/c1-4-24-22(27-18-9-11-28(12-10-18)14-20(29)23-3)25-13-19-15-30-21(26-19)17-7-5-16(2)6-8-17;/h5-8,15,18H,4,9-14H2,1-3H3,(H,23,29)(H2,24,25,27);1H. The fourth-order valence-corrected chi connectivity index (χ4v) is 3.40. The molecule has 0 atom stereocenters. The Kier molecular flexibility index (Phi) is 10.3. The molecular weight excluding hydrogens is 507 g/mol. The van der Waals surface area contributed by atoms with Gasteiger partial charge in [0.15, 0.2) is 5.96 Å². The van der Waals surface area contributed by atoms with E-state index in [0.717, 1.165) is 49.7 Å². The zero-order valence-corrected chi connectivity index (χ0v) is 20.8. The lowest BCUT2D eigenvalue weighted by atomic mass is 10.1. The Hall–Kier alpha value is -2.14. The van der Waals surface area contributed by atoms with Gasteiger partial charge in [0.1, 0.15) is 12.0 Å². The number of nitrogens with zero attached hydrogens (tertiary/aromatic N) is 3. The van der Waals surface area contributed by atoms with Crippen molar-refractivity contribution in [3.8, 4) is 11.5 Å². The van der Waals surface area contributed by atoms with Crippen LogP contribution in [-0.4, -0.2) is 61.0 Å². The van der Waals surface area contributed by atoms with E-state index in [-0.39, 0.29) is 29.9 Å². The van der Waals surface area contributed by atoms with E-state index in [2.05, 4.69) is 44.7 Å². The first-order chi connectivity index (χ1) is 14.6. The Bertz CT molecular complexity index is 844. The van der Waals surface area contributed by atoms with Crippen molar-refractivity contribution in [3.63, 3.8) is 0 Å². The van der Waals surface area contributed by atoms with Crippen LogP contribution in [0.25, 0.3) is 11.5 Å². The number of rotatable bonds is 7. The van der Waals surface area contributed by atoms with E-state index in [4.69, 9.17) is 4.42 Å². The normalized spacial score (nSPS) is 15.3. The third kappa shape index (κ3) is 7.80. The minimum absolute atomic E-state index is 0. The molecule has 8 nitrogen and oxygen atoms in total. The van der Waals surface area contributed by atoms with E-state index in [1.54, 1.807) is 13.3 Å². The Morgan fingerprint density at radius 1 is 1.26 bits per heavy atom. The maximum atomic E-state index is 11.5. The topological polar surface area (TPSA) is 94.8 Å². The van der Waals surface area contributed by atoms with Crippen molar-refractivity contribution in [2.24, 2.45) is 4.99 Å². The lowest BCUT2D eigenvalue weighted by molar-refractivity contribution is -0.122. The van der Waals surface area contributed by atoms with Crippen molar-refractivity contribution < 1.29 is 9.21 Å². The second-order valence-electron chi connectivity index (χ2n) is 7.57. The highest BCUT2D eigenvalue weighted by Crippen LogP contribution is 2.19. The van der Waals surface area contributed by atoms with Crippen molar-refractivity contribution >= 4 is 35.8 Å². The monoisotopic (exact) mass is 540 g/mol. The summed E-state index contributed by atoms with van der Waals surface area (Å²) in [5.74, 6) is 1.46. The summed E-state index contributed by atoms with van der Waals surface area (Å²) < 4.78 is 5.63. The van der Waals surface area contributed by atoms with Crippen molar-refractivity contribution in [2.45, 2.75) is 39.3 Å². The molecule has 3 N–H and O–H groups in total. The Balaban J connectivity index is 0.00000341. The molecule has 0 bridgehead atoms. The number of likely N-dealkylation sites (N-methyl/N-ethyl adjacent to an activating group) is 1. The number of aromatic nitrogens is 1. The molecule has 1 amide bonds. The number of carbonyl (C=O) groups excluding carboxylic acids is 1. The number of aryl methyl sites for hydroxylation is 1. The number of nitrogens with one attached hydrogen (secondary N) is 3. The number of guanidine groups is 1. The summed E-state index contributed by atoms with van der Waals surface area (Å²) in [6.07, 6.45) is 3.62. The average molecular weight is 540 g/mol. The molecule has 1 aliphatic rings. The summed E-state index contributed by atoms with van der Waals surface area (Å²) in [4.78, 5) is 23.0. The molecule has 0 radical (unpaired) electrons. The molecule has 3 rings (SSSR count). The Morgan fingerprint density at radius 2 is 1.97 bits per heavy atom. The molecule has 9 heteroatoms. The van der Waals surface area contributed by atoms with Crippen LogP contribution in [0.2, 0.25) is 0 Å². The van der Waals surface area contributed by atoms with Crippen LogP contribution in [0.4, 0.5) is 0 Å². The number of carbonyl (C=O) groups is 1. The molecule has 1 saturated heterocycles. The smallest absolute Gasteiger partial charge is 0.233 e. The van der Waals surface area contributed by atoms with Gasteiger partial charge in [-0.1, -0.05) is 17.7 Å². The zero-order chi connectivity index (χ0) is 21.3. The van der Waals surface area contributed by atoms with Gasteiger partial charge in [0.2, 0.25) is 11.8 Å². The molecule has 2 heterocycles. The van der Waals surface area contributed by atoms with Gasteiger partial charge in [-0.3, -0.25) is 9.69 Å². The van der Waals surface area contributed by atoms with Crippen LogP contribution in [-0.2, 0) is 11.3 Å². The SMILES string of the molecule is CCNC(=NCc1coc(-c2ccc(C)cc2)n1)NC1CCN(CC(=O)NC)CC1.I. The van der Waals surface area contributed by atoms with Gasteiger partial charge in [-0.25, -0.2) is 9.98 Å². The van der Waals surface area contributed by atoms with Gasteiger partial charge in [-0.2, -0.15) is 0 Å². The molecule has 0 spiro atoms. The minimum Gasteiger partial charge on any atom is -0.444 e. The fraction of sp³-hybridized carbons (Fsp3) is 0.500. The van der Waals surface area contributed by atoms with Crippen molar-refractivity contribution in [1.29, 1.82) is 0 Å². The van der Waals surface area contributed by atoms with E-state index in [1.807, 2.05) is 24.3 Å². The van der Waals surface area contributed by atoms with Gasteiger partial charge in [0.25, 0.3) is 0 Å². The molecule has 1 aromatic heterocycles. The highest BCUT2D eigenvalue weighted by atomic mass is 127. The maximum absolute atomic E-state index is 11.5. The van der Waals surface area contributed by atoms with E-state index in [0.29, 0.717) is 25.0 Å². The summed E-state index contributed by atoms with van der Waals surface area (Å²) in [6, 6.07) is 8.45. The molecule has 0 unspecified atom stereocenters. The van der Waals surface area contributed by atoms with E-state index >= 15 is 0 Å². The first-order valence-electron chi connectivity index (χ1n) is 10.6. The fourth-order valence-electron chi connectivity index (χ4n) is 3.40. The van der Waals surface area contributed by atoms with E-state index < -0.39 is 0 Å². The predicted molar refractivity (Wildman–Crippen MR) is 134 cm³/mol. The second kappa shape index (κ2) is 12.7. The van der Waals surface area contributed by atoms with Gasteiger partial charge in [0, 0.05) is 38.3 Å². The van der Waals surface area contributed by atoms with Gasteiger partial charge < -0.3 is 20.4 Å². The number of halogens is 1. The van der Waals surface area contributed by atoms with Crippen LogP contribution < -0.4 is 16.0 Å². The number of piperidine rings is 1. The van der Waals surface area contributed by atoms with Gasteiger partial charge in [0.05, 0.1) is 13.1 Å². The summed E-state index contributed by atoms with van der Waals surface area (Å²) in [5.41, 5.74) is 2.96. The first-order valence-corrected chi connectivity index (χ1v) is 10.6. The molecule has 1 fully saturated rings. The highest BCUT2D eigenvalue weighted by molar-refractivity contribution is 14.0. The molecular formula is C22H33IN6O2. The maximum Gasteiger partial charge on any atom is 0.233 e. The summed E-state index contributed by atoms with van der Waals surface area (Å²) in [7, 11) is 1.68. The number of amides is 1. The molecule has 0 aliphatic carbocycles. The van der Waals surface area contributed by atoms with Crippen LogP contribution in [0.1, 0.15) is 31.0 Å². The van der Waals surface area contributed by atoms with Crippen LogP contribution in [0.15, 0.2) is 39.9 Å². The van der Waals surface area contributed by atoms with E-state index in [9.17, 15) is 4.79 Å². The summed E-state index contributed by atoms with van der Waals surface area (Å²) in [6.45, 7) is 7.60. The lowest BCUT2D eigenvalue weighted by Gasteiger charge is -2.32. The summed E-state index contributed by atoms with van der Waals surface area (Å²) in [5, 5.41) is 9.49. The van der Waals surface area contributed by atoms with Gasteiger partial charge >= 0.3 is 0 Å². The van der Waals surface area contributed by atoms with E-state index in [1.165, 1.54) is 5.56 Å². The number of aliphatic imine (C=N–C) groups is 1. The predicted octanol–water partition coefficient (Wildman–Crippen LogP) is 2.53. The lowest BCUT2D eigenvalue weighted by Crippen LogP contribution is -2.50. The molecule has 1 aromatic carbocycles. The Labute approximate surface area is 201 Å². The Morgan fingerprint density at radius 3 is 2.61 bits per heavy atom. The van der Waals surface area contributed by atoms with Gasteiger partial charge in [-0.05, 0) is 38.8 Å². The number of benzene rings is 1. The van der Waals surface area contributed by atoms with Crippen LogP contribution in [0.5, 0.6) is 0 Å². The minimum atomic E-state index is 0. The second-order valence-corrected chi connectivity index (χ2v) is 7.57. The molecule has 0 saturated carbocycles. The largest absolute Gasteiger partial charge is 0.444 e. The number of likely N-dealkylation sites (tertiary alicyclic amines) is 1. The van der Waals surface area contributed by atoms with Crippen molar-refractivity contribution in [1.82, 2.24) is 25.8 Å². The van der Waals surface area contributed by atoms with Crippen molar-refractivity contribution in [3.05, 3.63) is 41.8 Å². The first kappa shape index (κ1) is 25.1. The van der Waals surface area contributed by atoms with Crippen LogP contribution in [0, 0.1) is 6.92 Å². The molecule has 2 aromatic rings. The average Bonchev–Trinajstić information content (AvgIpc) is 3.23.